The van der Waals surface area contributed by atoms with Gasteiger partial charge in [-0.25, -0.2) is 9.67 Å². The Morgan fingerprint density at radius 2 is 2.32 bits per heavy atom. The van der Waals surface area contributed by atoms with E-state index in [4.69, 9.17) is 5.11 Å². The van der Waals surface area contributed by atoms with E-state index in [2.05, 4.69) is 36.5 Å². The number of rotatable bonds is 5. The second-order valence-electron chi connectivity index (χ2n) is 3.79. The minimum absolute atomic E-state index is 0.00764. The van der Waals surface area contributed by atoms with Gasteiger partial charge in [-0.15, -0.1) is 5.10 Å². The number of aliphatic hydroxyl groups excluding tert-OH is 1. The molecule has 2 aromatic heterocycles. The van der Waals surface area contributed by atoms with E-state index in [0.717, 1.165) is 4.47 Å². The summed E-state index contributed by atoms with van der Waals surface area (Å²) in [5, 5.41) is 19.0. The number of hydrogen-bond donors (Lipinski definition) is 2. The van der Waals surface area contributed by atoms with Crippen LogP contribution in [-0.4, -0.2) is 37.6 Å². The zero-order valence-electron chi connectivity index (χ0n) is 9.95. The van der Waals surface area contributed by atoms with Gasteiger partial charge in [0.2, 0.25) is 5.91 Å². The van der Waals surface area contributed by atoms with E-state index >= 15 is 0 Å². The Balaban J connectivity index is 1.91. The number of aliphatic hydroxyl groups is 1. The van der Waals surface area contributed by atoms with Crippen molar-refractivity contribution in [2.24, 2.45) is 0 Å². The van der Waals surface area contributed by atoms with Crippen LogP contribution in [0.4, 0.5) is 5.82 Å². The molecule has 2 N–H and O–H groups in total. The summed E-state index contributed by atoms with van der Waals surface area (Å²) in [6.07, 6.45) is 3.66. The van der Waals surface area contributed by atoms with E-state index in [-0.39, 0.29) is 19.1 Å². The van der Waals surface area contributed by atoms with Gasteiger partial charge in [-0.3, -0.25) is 4.79 Å². The summed E-state index contributed by atoms with van der Waals surface area (Å²) in [5.74, 6) is 0.235. The molecule has 0 saturated carbocycles. The molecule has 8 heteroatoms. The Kier molecular flexibility index (Phi) is 4.58. The molecule has 0 aliphatic carbocycles. The standard InChI is InChI=1S/C11H12BrN5O2/c12-8-1-2-10(13-5-8)14-11(19)7-17-6-9(3-4-18)15-16-17/h1-2,5-6,18H,3-4,7H2,(H,13,14,19). The molecular weight excluding hydrogens is 314 g/mol. The number of pyridine rings is 1. The van der Waals surface area contributed by atoms with E-state index in [1.807, 2.05) is 0 Å². The SMILES string of the molecule is O=C(Cn1cc(CCO)nn1)Nc1ccc(Br)cn1. The van der Waals surface area contributed by atoms with Gasteiger partial charge in [0.05, 0.1) is 5.69 Å². The summed E-state index contributed by atoms with van der Waals surface area (Å²) in [5.41, 5.74) is 0.650. The highest BCUT2D eigenvalue weighted by Gasteiger charge is 2.07. The van der Waals surface area contributed by atoms with Crippen LogP contribution in [0.5, 0.6) is 0 Å². The molecule has 0 aliphatic heterocycles. The number of aromatic nitrogens is 4. The van der Waals surface area contributed by atoms with E-state index in [1.54, 1.807) is 24.5 Å². The lowest BCUT2D eigenvalue weighted by atomic mass is 10.3. The van der Waals surface area contributed by atoms with Crippen LogP contribution in [0.25, 0.3) is 0 Å². The van der Waals surface area contributed by atoms with Crippen LogP contribution >= 0.6 is 15.9 Å². The summed E-state index contributed by atoms with van der Waals surface area (Å²) < 4.78 is 2.26. The highest BCUT2D eigenvalue weighted by molar-refractivity contribution is 9.10. The van der Waals surface area contributed by atoms with Crippen LogP contribution in [0.15, 0.2) is 29.0 Å². The Morgan fingerprint density at radius 1 is 1.47 bits per heavy atom. The molecule has 0 fully saturated rings. The molecule has 2 heterocycles. The zero-order valence-corrected chi connectivity index (χ0v) is 11.5. The molecule has 0 unspecified atom stereocenters. The van der Waals surface area contributed by atoms with Crippen LogP contribution in [0.2, 0.25) is 0 Å². The molecule has 100 valence electrons. The number of carbonyl (C=O) groups is 1. The molecule has 0 atom stereocenters. The number of carbonyl (C=O) groups excluding carboxylic acids is 1. The lowest BCUT2D eigenvalue weighted by molar-refractivity contribution is -0.116. The monoisotopic (exact) mass is 325 g/mol. The zero-order chi connectivity index (χ0) is 13.7. The first-order valence-electron chi connectivity index (χ1n) is 5.58. The summed E-state index contributed by atoms with van der Waals surface area (Å²) in [6, 6.07) is 3.48. The molecule has 0 aliphatic rings. The van der Waals surface area contributed by atoms with Crippen LogP contribution in [0.3, 0.4) is 0 Å². The predicted octanol–water partition coefficient (Wildman–Crippen LogP) is 0.609. The van der Waals surface area contributed by atoms with E-state index in [0.29, 0.717) is 17.9 Å². The molecule has 2 aromatic rings. The van der Waals surface area contributed by atoms with E-state index in [1.165, 1.54) is 4.68 Å². The van der Waals surface area contributed by atoms with E-state index in [9.17, 15) is 4.79 Å². The number of nitrogens with zero attached hydrogens (tertiary/aromatic N) is 4. The second kappa shape index (κ2) is 6.39. The Bertz CT molecular complexity index is 554. The van der Waals surface area contributed by atoms with Crippen molar-refractivity contribution in [3.63, 3.8) is 0 Å². The number of halogens is 1. The first-order chi connectivity index (χ1) is 9.17. The number of amides is 1. The Hall–Kier alpha value is -1.80. The summed E-state index contributed by atoms with van der Waals surface area (Å²) in [4.78, 5) is 15.8. The second-order valence-corrected chi connectivity index (χ2v) is 4.71. The van der Waals surface area contributed by atoms with Crippen LogP contribution < -0.4 is 5.32 Å². The molecule has 2 rings (SSSR count). The molecule has 0 aromatic carbocycles. The summed E-state index contributed by atoms with van der Waals surface area (Å²) in [7, 11) is 0. The number of anilines is 1. The Labute approximate surface area is 117 Å². The lowest BCUT2D eigenvalue weighted by Crippen LogP contribution is -2.19. The fourth-order valence-electron chi connectivity index (χ4n) is 1.42. The van der Waals surface area contributed by atoms with Gasteiger partial charge in [0.15, 0.2) is 0 Å². The van der Waals surface area contributed by atoms with Crippen molar-refractivity contribution in [2.45, 2.75) is 13.0 Å². The maximum atomic E-state index is 11.7. The first kappa shape index (κ1) is 13.6. The lowest BCUT2D eigenvalue weighted by Gasteiger charge is -2.03. The Morgan fingerprint density at radius 3 is 3.00 bits per heavy atom. The van der Waals surface area contributed by atoms with Gasteiger partial charge in [0.25, 0.3) is 0 Å². The van der Waals surface area contributed by atoms with Crippen LogP contribution in [-0.2, 0) is 17.8 Å². The van der Waals surface area contributed by atoms with Crippen molar-refractivity contribution in [2.75, 3.05) is 11.9 Å². The normalized spacial score (nSPS) is 10.4. The largest absolute Gasteiger partial charge is 0.396 e. The van der Waals surface area contributed by atoms with Crippen molar-refractivity contribution >= 4 is 27.7 Å². The molecule has 19 heavy (non-hydrogen) atoms. The van der Waals surface area contributed by atoms with Gasteiger partial charge < -0.3 is 10.4 Å². The van der Waals surface area contributed by atoms with Crippen LogP contribution in [0, 0.1) is 0 Å². The van der Waals surface area contributed by atoms with Gasteiger partial charge in [-0.1, -0.05) is 5.21 Å². The summed E-state index contributed by atoms with van der Waals surface area (Å²) >= 11 is 3.26. The van der Waals surface area contributed by atoms with Crippen molar-refractivity contribution in [1.82, 2.24) is 20.0 Å². The average Bonchev–Trinajstić information content (AvgIpc) is 2.80. The maximum Gasteiger partial charge on any atom is 0.247 e. The third-order valence-electron chi connectivity index (χ3n) is 2.25. The maximum absolute atomic E-state index is 11.7. The minimum Gasteiger partial charge on any atom is -0.396 e. The predicted molar refractivity (Wildman–Crippen MR) is 71.4 cm³/mol. The molecule has 1 amide bonds. The topological polar surface area (TPSA) is 92.9 Å². The number of hydrogen-bond acceptors (Lipinski definition) is 5. The smallest absolute Gasteiger partial charge is 0.247 e. The fraction of sp³-hybridized carbons (Fsp3) is 0.273. The molecule has 7 nitrogen and oxygen atoms in total. The van der Waals surface area contributed by atoms with Gasteiger partial charge in [-0.2, -0.15) is 0 Å². The minimum atomic E-state index is -0.240. The van der Waals surface area contributed by atoms with Gasteiger partial charge in [0.1, 0.15) is 12.4 Å². The van der Waals surface area contributed by atoms with Crippen molar-refractivity contribution in [1.29, 1.82) is 0 Å². The molecule has 0 bridgehead atoms. The highest BCUT2D eigenvalue weighted by atomic mass is 79.9. The highest BCUT2D eigenvalue weighted by Crippen LogP contribution is 2.10. The summed E-state index contributed by atoms with van der Waals surface area (Å²) in [6.45, 7) is 0.0594. The quantitative estimate of drug-likeness (QED) is 0.840. The molecule has 0 radical (unpaired) electrons. The average molecular weight is 326 g/mol. The number of nitrogens with one attached hydrogen (secondary N) is 1. The molecular formula is C11H12BrN5O2. The van der Waals surface area contributed by atoms with Crippen molar-refractivity contribution in [3.8, 4) is 0 Å². The first-order valence-corrected chi connectivity index (χ1v) is 6.38. The fourth-order valence-corrected chi connectivity index (χ4v) is 1.66. The van der Waals surface area contributed by atoms with Gasteiger partial charge in [-0.05, 0) is 28.1 Å². The molecule has 0 spiro atoms. The third kappa shape index (κ3) is 4.11. The van der Waals surface area contributed by atoms with E-state index < -0.39 is 0 Å². The van der Waals surface area contributed by atoms with Gasteiger partial charge in [0, 0.05) is 29.9 Å². The van der Waals surface area contributed by atoms with Gasteiger partial charge >= 0.3 is 0 Å². The van der Waals surface area contributed by atoms with Crippen molar-refractivity contribution < 1.29 is 9.90 Å². The molecule has 0 saturated heterocycles. The third-order valence-corrected chi connectivity index (χ3v) is 2.72. The van der Waals surface area contributed by atoms with Crippen molar-refractivity contribution in [3.05, 3.63) is 34.7 Å². The van der Waals surface area contributed by atoms with Crippen LogP contribution in [0.1, 0.15) is 5.69 Å².